The molecule has 2 aromatic heterocycles. The van der Waals surface area contributed by atoms with Crippen LogP contribution in [0.4, 0.5) is 0 Å². The van der Waals surface area contributed by atoms with Crippen LogP contribution in [0.3, 0.4) is 0 Å². The molecule has 0 aliphatic carbocycles. The van der Waals surface area contributed by atoms with E-state index in [9.17, 15) is 8.42 Å². The molecular formula is C15H20N4O2S. The summed E-state index contributed by atoms with van der Waals surface area (Å²) in [6, 6.07) is 2.17. The topological polar surface area (TPSA) is 79.0 Å². The molecule has 0 radical (unpaired) electrons. The van der Waals surface area contributed by atoms with Crippen molar-refractivity contribution in [3.8, 4) is 0 Å². The molecule has 0 spiro atoms. The lowest BCUT2D eigenvalue weighted by molar-refractivity contribution is 0.241. The van der Waals surface area contributed by atoms with Crippen molar-refractivity contribution in [3.63, 3.8) is 0 Å². The van der Waals surface area contributed by atoms with Gasteiger partial charge in [0.2, 0.25) is 15.0 Å². The number of aromatic amines is 1. The Hall–Kier alpha value is -1.73. The fraction of sp³-hybridized carbons (Fsp3) is 0.467. The van der Waals surface area contributed by atoms with Gasteiger partial charge >= 0.3 is 0 Å². The molecule has 0 saturated heterocycles. The first-order valence-corrected chi connectivity index (χ1v) is 9.14. The number of rotatable bonds is 3. The number of aryl methyl sites for hydroxylation is 2. The Morgan fingerprint density at radius 2 is 2.14 bits per heavy atom. The van der Waals surface area contributed by atoms with Crippen LogP contribution < -0.4 is 0 Å². The first-order valence-electron chi connectivity index (χ1n) is 7.25. The number of nitrogens with zero attached hydrogens (tertiary/aromatic N) is 3. The molecule has 0 bridgehead atoms. The van der Waals surface area contributed by atoms with Crippen LogP contribution in [0.15, 0.2) is 17.4 Å². The summed E-state index contributed by atoms with van der Waals surface area (Å²) >= 11 is 0. The molecule has 7 heteroatoms. The standard InChI is InChI=1S/C15H20N4O2S/c1-10-6-12(11(2)17-10)8-19-5-4-14-13(9-19)7-16-15(18-14)22(3,20)21/h6-7,17H,4-5,8-9H2,1-3H3. The highest BCUT2D eigenvalue weighted by Gasteiger charge is 2.21. The Kier molecular flexibility index (Phi) is 3.78. The van der Waals surface area contributed by atoms with E-state index >= 15 is 0 Å². The van der Waals surface area contributed by atoms with Crippen LogP contribution in [0, 0.1) is 13.8 Å². The zero-order valence-corrected chi connectivity index (χ0v) is 13.9. The molecule has 3 rings (SSSR count). The van der Waals surface area contributed by atoms with Crippen molar-refractivity contribution in [1.29, 1.82) is 0 Å². The van der Waals surface area contributed by atoms with Crippen molar-refractivity contribution in [3.05, 3.63) is 40.5 Å². The number of hydrogen-bond acceptors (Lipinski definition) is 5. The van der Waals surface area contributed by atoms with Crippen molar-refractivity contribution in [2.45, 2.75) is 38.5 Å². The maximum Gasteiger partial charge on any atom is 0.246 e. The summed E-state index contributed by atoms with van der Waals surface area (Å²) in [5.41, 5.74) is 5.55. The molecule has 1 N–H and O–H groups in total. The average molecular weight is 320 g/mol. The molecule has 1 aliphatic heterocycles. The minimum Gasteiger partial charge on any atom is -0.362 e. The van der Waals surface area contributed by atoms with Gasteiger partial charge in [0.05, 0.1) is 5.69 Å². The average Bonchev–Trinajstić information content (AvgIpc) is 2.75. The molecule has 118 valence electrons. The maximum absolute atomic E-state index is 11.5. The van der Waals surface area contributed by atoms with Gasteiger partial charge in [0.25, 0.3) is 0 Å². The quantitative estimate of drug-likeness (QED) is 0.865. The molecule has 22 heavy (non-hydrogen) atoms. The molecule has 0 saturated carbocycles. The number of nitrogens with one attached hydrogen (secondary N) is 1. The van der Waals surface area contributed by atoms with E-state index < -0.39 is 9.84 Å². The third-order valence-corrected chi connectivity index (χ3v) is 4.83. The highest BCUT2D eigenvalue weighted by molar-refractivity contribution is 7.90. The van der Waals surface area contributed by atoms with E-state index in [1.54, 1.807) is 6.20 Å². The second kappa shape index (κ2) is 5.48. The van der Waals surface area contributed by atoms with Crippen molar-refractivity contribution >= 4 is 9.84 Å². The minimum absolute atomic E-state index is 0.0724. The number of sulfone groups is 1. The van der Waals surface area contributed by atoms with Gasteiger partial charge in [-0.1, -0.05) is 0 Å². The molecule has 1 aliphatic rings. The van der Waals surface area contributed by atoms with Crippen molar-refractivity contribution in [2.24, 2.45) is 0 Å². The van der Waals surface area contributed by atoms with Crippen LogP contribution in [0.5, 0.6) is 0 Å². The van der Waals surface area contributed by atoms with E-state index in [2.05, 4.69) is 39.8 Å². The fourth-order valence-electron chi connectivity index (χ4n) is 2.86. The minimum atomic E-state index is -3.34. The normalized spacial score (nSPS) is 15.8. The van der Waals surface area contributed by atoms with Crippen molar-refractivity contribution in [2.75, 3.05) is 12.8 Å². The lowest BCUT2D eigenvalue weighted by atomic mass is 10.1. The zero-order chi connectivity index (χ0) is 15.9. The van der Waals surface area contributed by atoms with Gasteiger partial charge in [-0.2, -0.15) is 0 Å². The molecule has 0 atom stereocenters. The second-order valence-electron chi connectivity index (χ2n) is 5.96. The van der Waals surface area contributed by atoms with E-state index in [1.165, 1.54) is 17.0 Å². The molecule has 2 aromatic rings. The summed E-state index contributed by atoms with van der Waals surface area (Å²) in [5, 5.41) is -0.0724. The summed E-state index contributed by atoms with van der Waals surface area (Å²) in [4.78, 5) is 13.9. The molecule has 0 fully saturated rings. The van der Waals surface area contributed by atoms with Crippen LogP contribution in [-0.2, 0) is 29.3 Å². The summed E-state index contributed by atoms with van der Waals surface area (Å²) in [7, 11) is -3.34. The van der Waals surface area contributed by atoms with Gasteiger partial charge in [0.1, 0.15) is 0 Å². The highest BCUT2D eigenvalue weighted by atomic mass is 32.2. The molecule has 0 amide bonds. The van der Waals surface area contributed by atoms with Gasteiger partial charge in [0.15, 0.2) is 0 Å². The highest BCUT2D eigenvalue weighted by Crippen LogP contribution is 2.21. The third-order valence-electron chi connectivity index (χ3n) is 3.97. The van der Waals surface area contributed by atoms with Crippen LogP contribution in [0.25, 0.3) is 0 Å². The number of H-pyrrole nitrogens is 1. The summed E-state index contributed by atoms with van der Waals surface area (Å²) in [6.45, 7) is 6.65. The van der Waals surface area contributed by atoms with Gasteiger partial charge in [-0.05, 0) is 25.5 Å². The molecular weight excluding hydrogens is 300 g/mol. The Balaban J connectivity index is 1.78. The maximum atomic E-state index is 11.5. The molecule has 0 unspecified atom stereocenters. The molecule has 0 aromatic carbocycles. The first-order chi connectivity index (χ1) is 10.3. The lowest BCUT2D eigenvalue weighted by Gasteiger charge is -2.27. The van der Waals surface area contributed by atoms with E-state index in [-0.39, 0.29) is 5.16 Å². The summed E-state index contributed by atoms with van der Waals surface area (Å²) in [5.74, 6) is 0. The number of hydrogen-bond donors (Lipinski definition) is 1. The third kappa shape index (κ3) is 3.05. The van der Waals surface area contributed by atoms with Gasteiger partial charge in [0, 0.05) is 55.5 Å². The van der Waals surface area contributed by atoms with Gasteiger partial charge in [-0.25, -0.2) is 18.4 Å². The Morgan fingerprint density at radius 3 is 2.77 bits per heavy atom. The summed E-state index contributed by atoms with van der Waals surface area (Å²) < 4.78 is 23.1. The number of fused-ring (bicyclic) bond motifs is 1. The van der Waals surface area contributed by atoms with Crippen molar-refractivity contribution in [1.82, 2.24) is 19.9 Å². The van der Waals surface area contributed by atoms with E-state index in [4.69, 9.17) is 0 Å². The first kappa shape index (κ1) is 15.2. The Labute approximate surface area is 130 Å². The predicted octanol–water partition coefficient (Wildman–Crippen LogP) is 1.38. The largest absolute Gasteiger partial charge is 0.362 e. The van der Waals surface area contributed by atoms with Crippen LogP contribution in [0.2, 0.25) is 0 Å². The second-order valence-corrected chi connectivity index (χ2v) is 7.87. The fourth-order valence-corrected chi connectivity index (χ4v) is 3.38. The van der Waals surface area contributed by atoms with E-state index in [0.29, 0.717) is 0 Å². The monoisotopic (exact) mass is 320 g/mol. The van der Waals surface area contributed by atoms with E-state index in [1.807, 2.05) is 0 Å². The Morgan fingerprint density at radius 1 is 1.36 bits per heavy atom. The van der Waals surface area contributed by atoms with Gasteiger partial charge in [-0.3, -0.25) is 4.90 Å². The molecule has 3 heterocycles. The predicted molar refractivity (Wildman–Crippen MR) is 83.2 cm³/mol. The SMILES string of the molecule is Cc1cc(CN2CCc3nc(S(C)(=O)=O)ncc3C2)c(C)[nH]1. The lowest BCUT2D eigenvalue weighted by Crippen LogP contribution is -2.31. The molecule has 6 nitrogen and oxygen atoms in total. The van der Waals surface area contributed by atoms with Crippen LogP contribution in [-0.4, -0.2) is 41.1 Å². The summed E-state index contributed by atoms with van der Waals surface area (Å²) in [6.07, 6.45) is 3.55. The Bertz CT molecular complexity index is 811. The van der Waals surface area contributed by atoms with Crippen molar-refractivity contribution < 1.29 is 8.42 Å². The zero-order valence-electron chi connectivity index (χ0n) is 13.0. The van der Waals surface area contributed by atoms with Gasteiger partial charge < -0.3 is 4.98 Å². The number of aromatic nitrogens is 3. The van der Waals surface area contributed by atoms with Crippen LogP contribution in [0.1, 0.15) is 28.2 Å². The van der Waals surface area contributed by atoms with Crippen LogP contribution >= 0.6 is 0 Å². The van der Waals surface area contributed by atoms with Gasteiger partial charge in [-0.15, -0.1) is 0 Å². The smallest absolute Gasteiger partial charge is 0.246 e. The van der Waals surface area contributed by atoms with E-state index in [0.717, 1.165) is 43.6 Å².